The highest BCUT2D eigenvalue weighted by Gasteiger charge is 2.13. The molecule has 0 saturated heterocycles. The first-order valence-electron chi connectivity index (χ1n) is 8.67. The highest BCUT2D eigenvalue weighted by Crippen LogP contribution is 2.29. The Balaban J connectivity index is 1.50. The van der Waals surface area contributed by atoms with E-state index in [0.717, 1.165) is 11.8 Å². The van der Waals surface area contributed by atoms with Crippen LogP contribution < -0.4 is 14.8 Å². The third kappa shape index (κ3) is 5.93. The number of alkyl halides is 2. The molecule has 0 bridgehead atoms. The maximum absolute atomic E-state index is 13.0. The Hall–Kier alpha value is -3.14. The van der Waals surface area contributed by atoms with Gasteiger partial charge in [-0.2, -0.15) is 8.78 Å². The minimum absolute atomic E-state index is 0.0626. The van der Waals surface area contributed by atoms with Crippen LogP contribution in [0.4, 0.5) is 13.2 Å². The van der Waals surface area contributed by atoms with Gasteiger partial charge in [-0.3, -0.25) is 4.79 Å². The van der Waals surface area contributed by atoms with Crippen LogP contribution in [0.2, 0.25) is 0 Å². The summed E-state index contributed by atoms with van der Waals surface area (Å²) in [5, 5.41) is 3.02. The van der Waals surface area contributed by atoms with E-state index < -0.39 is 6.61 Å². The molecule has 0 aliphatic rings. The molecule has 0 aliphatic carbocycles. The average Bonchev–Trinajstić information content (AvgIpc) is 3.20. The fraction of sp³-hybridized carbons (Fsp3) is 0.200. The molecule has 158 valence electrons. The summed E-state index contributed by atoms with van der Waals surface area (Å²) in [7, 11) is 1.34. The van der Waals surface area contributed by atoms with E-state index in [9.17, 15) is 18.0 Å². The van der Waals surface area contributed by atoms with Crippen molar-refractivity contribution in [2.24, 2.45) is 0 Å². The van der Waals surface area contributed by atoms with Crippen molar-refractivity contribution >= 4 is 17.7 Å². The Morgan fingerprint density at radius 3 is 2.67 bits per heavy atom. The van der Waals surface area contributed by atoms with Crippen molar-refractivity contribution in [3.05, 3.63) is 60.0 Å². The summed E-state index contributed by atoms with van der Waals surface area (Å²) in [5.74, 6) is -0.0287. The van der Waals surface area contributed by atoms with Gasteiger partial charge in [0.25, 0.3) is 5.22 Å². The van der Waals surface area contributed by atoms with Gasteiger partial charge in [-0.1, -0.05) is 17.8 Å². The molecule has 0 atom stereocenters. The van der Waals surface area contributed by atoms with Gasteiger partial charge in [0.05, 0.1) is 19.1 Å². The van der Waals surface area contributed by atoms with Crippen molar-refractivity contribution in [1.29, 1.82) is 0 Å². The SMILES string of the molecule is COc1cc(CNC(=O)CSc2ncc(-c3ccc(F)cc3)o2)ccc1OC(F)F. The number of nitrogens with one attached hydrogen (secondary N) is 1. The van der Waals surface area contributed by atoms with Crippen LogP contribution in [0.1, 0.15) is 5.56 Å². The second kappa shape index (κ2) is 10.1. The standard InChI is InChI=1S/C20H17F3N2O4S/c1-27-16-8-12(2-7-15(16)28-19(22)23)9-24-18(26)11-30-20-25-10-17(29-20)13-3-5-14(21)6-4-13/h2-8,10,19H,9,11H2,1H3,(H,24,26). The lowest BCUT2D eigenvalue weighted by Crippen LogP contribution is -2.24. The number of rotatable bonds is 9. The summed E-state index contributed by atoms with van der Waals surface area (Å²) in [5.41, 5.74) is 1.33. The Morgan fingerprint density at radius 2 is 1.97 bits per heavy atom. The van der Waals surface area contributed by atoms with Crippen LogP contribution >= 0.6 is 11.8 Å². The first kappa shape index (κ1) is 21.6. The molecule has 2 aromatic carbocycles. The van der Waals surface area contributed by atoms with Gasteiger partial charge in [0.1, 0.15) is 5.82 Å². The average molecular weight is 438 g/mol. The molecule has 6 nitrogen and oxygen atoms in total. The van der Waals surface area contributed by atoms with Gasteiger partial charge in [0.2, 0.25) is 5.91 Å². The van der Waals surface area contributed by atoms with E-state index in [-0.39, 0.29) is 35.5 Å². The van der Waals surface area contributed by atoms with Gasteiger partial charge in [-0.05, 0) is 42.0 Å². The quantitative estimate of drug-likeness (QED) is 0.496. The summed E-state index contributed by atoms with van der Waals surface area (Å²) >= 11 is 1.11. The molecule has 0 saturated carbocycles. The number of methoxy groups -OCH3 is 1. The number of carbonyl (C=O) groups is 1. The van der Waals surface area contributed by atoms with Crippen LogP contribution in [0, 0.1) is 5.82 Å². The molecule has 1 amide bonds. The molecular weight excluding hydrogens is 421 g/mol. The second-order valence-electron chi connectivity index (χ2n) is 5.93. The van der Waals surface area contributed by atoms with E-state index in [1.54, 1.807) is 18.2 Å². The number of ether oxygens (including phenoxy) is 2. The number of oxazole rings is 1. The predicted molar refractivity (Wildman–Crippen MR) is 104 cm³/mol. The van der Waals surface area contributed by atoms with Crippen LogP contribution in [-0.2, 0) is 11.3 Å². The molecular formula is C20H17F3N2O4S. The molecule has 3 rings (SSSR count). The van der Waals surface area contributed by atoms with Crippen molar-refractivity contribution in [3.8, 4) is 22.8 Å². The monoisotopic (exact) mass is 438 g/mol. The van der Waals surface area contributed by atoms with Crippen molar-refractivity contribution in [2.45, 2.75) is 18.4 Å². The Labute approximate surface area is 174 Å². The summed E-state index contributed by atoms with van der Waals surface area (Å²) in [6, 6.07) is 10.2. The van der Waals surface area contributed by atoms with Gasteiger partial charge >= 0.3 is 6.61 Å². The molecule has 0 fully saturated rings. The third-order valence-electron chi connectivity index (χ3n) is 3.87. The molecule has 1 N–H and O–H groups in total. The minimum atomic E-state index is -2.96. The number of benzene rings is 2. The fourth-order valence-electron chi connectivity index (χ4n) is 2.47. The highest BCUT2D eigenvalue weighted by molar-refractivity contribution is 7.99. The van der Waals surface area contributed by atoms with Gasteiger partial charge in [0.15, 0.2) is 17.3 Å². The Morgan fingerprint density at radius 1 is 1.20 bits per heavy atom. The summed E-state index contributed by atoms with van der Waals surface area (Å²) in [6.07, 6.45) is 1.50. The summed E-state index contributed by atoms with van der Waals surface area (Å²) in [4.78, 5) is 16.2. The zero-order valence-corrected chi connectivity index (χ0v) is 16.5. The number of aromatic nitrogens is 1. The largest absolute Gasteiger partial charge is 0.493 e. The zero-order chi connectivity index (χ0) is 21.5. The normalized spacial score (nSPS) is 10.8. The maximum atomic E-state index is 13.0. The van der Waals surface area contributed by atoms with Gasteiger partial charge in [0, 0.05) is 12.1 Å². The molecule has 1 heterocycles. The van der Waals surface area contributed by atoms with Crippen molar-refractivity contribution in [2.75, 3.05) is 12.9 Å². The lowest BCUT2D eigenvalue weighted by atomic mass is 10.2. The molecule has 0 unspecified atom stereocenters. The topological polar surface area (TPSA) is 73.6 Å². The van der Waals surface area contributed by atoms with Crippen LogP contribution in [0.3, 0.4) is 0 Å². The first-order valence-corrected chi connectivity index (χ1v) is 9.66. The minimum Gasteiger partial charge on any atom is -0.493 e. The third-order valence-corrected chi connectivity index (χ3v) is 4.72. The fourth-order valence-corrected chi connectivity index (χ4v) is 3.10. The van der Waals surface area contributed by atoms with Crippen LogP contribution in [0.5, 0.6) is 11.5 Å². The van der Waals surface area contributed by atoms with E-state index in [0.29, 0.717) is 22.1 Å². The molecule has 3 aromatic rings. The molecule has 30 heavy (non-hydrogen) atoms. The number of nitrogens with zero attached hydrogens (tertiary/aromatic N) is 1. The predicted octanol–water partition coefficient (Wildman–Crippen LogP) is 4.50. The first-order chi connectivity index (χ1) is 14.4. The summed E-state index contributed by atoms with van der Waals surface area (Å²) in [6.45, 7) is -2.78. The Kier molecular flexibility index (Phi) is 7.23. The van der Waals surface area contributed by atoms with Crippen molar-refractivity contribution in [1.82, 2.24) is 10.3 Å². The maximum Gasteiger partial charge on any atom is 0.387 e. The van der Waals surface area contributed by atoms with E-state index in [1.165, 1.54) is 37.6 Å². The number of amides is 1. The highest BCUT2D eigenvalue weighted by atomic mass is 32.2. The number of hydrogen-bond acceptors (Lipinski definition) is 6. The molecule has 0 aliphatic heterocycles. The van der Waals surface area contributed by atoms with Gasteiger partial charge < -0.3 is 19.2 Å². The van der Waals surface area contributed by atoms with Crippen LogP contribution in [-0.4, -0.2) is 30.4 Å². The molecule has 10 heteroatoms. The molecule has 0 radical (unpaired) electrons. The molecule has 1 aromatic heterocycles. The van der Waals surface area contributed by atoms with Crippen molar-refractivity contribution < 1.29 is 31.9 Å². The summed E-state index contributed by atoms with van der Waals surface area (Å²) < 4.78 is 52.7. The Bertz CT molecular complexity index is 996. The van der Waals surface area contributed by atoms with Crippen LogP contribution in [0.15, 0.2) is 58.3 Å². The van der Waals surface area contributed by atoms with Crippen LogP contribution in [0.25, 0.3) is 11.3 Å². The number of thioether (sulfide) groups is 1. The van der Waals surface area contributed by atoms with Crippen molar-refractivity contribution in [3.63, 3.8) is 0 Å². The number of hydrogen-bond donors (Lipinski definition) is 1. The number of carbonyl (C=O) groups excluding carboxylic acids is 1. The number of halogens is 3. The zero-order valence-electron chi connectivity index (χ0n) is 15.7. The van der Waals surface area contributed by atoms with E-state index in [4.69, 9.17) is 9.15 Å². The van der Waals surface area contributed by atoms with E-state index in [1.807, 2.05) is 0 Å². The van der Waals surface area contributed by atoms with E-state index in [2.05, 4.69) is 15.0 Å². The lowest BCUT2D eigenvalue weighted by molar-refractivity contribution is -0.118. The molecule has 0 spiro atoms. The smallest absolute Gasteiger partial charge is 0.387 e. The van der Waals surface area contributed by atoms with Gasteiger partial charge in [-0.25, -0.2) is 9.37 Å². The van der Waals surface area contributed by atoms with Gasteiger partial charge in [-0.15, -0.1) is 0 Å². The lowest BCUT2D eigenvalue weighted by Gasteiger charge is -2.11. The van der Waals surface area contributed by atoms with E-state index >= 15 is 0 Å². The second-order valence-corrected chi connectivity index (χ2v) is 6.85.